The molecular weight excluding hydrogens is 784 g/mol. The first kappa shape index (κ1) is 43.4. The first-order valence-corrected chi connectivity index (χ1v) is 21.9. The van der Waals surface area contributed by atoms with Gasteiger partial charge >= 0.3 is 18.2 Å². The number of rotatable bonds is 7. The standard InChI is InChI=1S/C38H53N5O7S.C2HF3O2/c1-3-28-20-38(28,36(46)41-51(48,49)30-17-18-30)40-34(44)32-19-29-22-43(32)35(45)33(26-13-8-9-14-26)39-24(2)11-6-4-5-7-12-25-15-10-16-27-21-42(23-31(25)27)37(47)50-29;3-2(4,5)1(6)7/h3,10,15-16,24,26,28-30,32-33,39H,1,4-9,11-14,17-23H2,2H3,(H,40,44)(H,41,46);(H,6,7)/t24-,28-,29-,32+,33+,38-;/m1./s1. The van der Waals surface area contributed by atoms with E-state index in [1.165, 1.54) is 11.1 Å². The second-order valence-electron chi connectivity index (χ2n) is 16.7. The van der Waals surface area contributed by atoms with E-state index in [1.54, 1.807) is 15.9 Å². The molecule has 0 spiro atoms. The van der Waals surface area contributed by atoms with Crippen molar-refractivity contribution in [2.75, 3.05) is 6.54 Å². The number of ether oxygens (including phenoxy) is 1. The number of hydrogen-bond donors (Lipinski definition) is 4. The zero-order valence-corrected chi connectivity index (χ0v) is 33.5. The Morgan fingerprint density at radius 1 is 1.00 bits per heavy atom. The molecule has 14 nitrogen and oxygen atoms in total. The van der Waals surface area contributed by atoms with E-state index in [1.807, 2.05) is 0 Å². The lowest BCUT2D eigenvalue weighted by molar-refractivity contribution is -0.192. The highest BCUT2D eigenvalue weighted by atomic mass is 32.2. The number of amides is 4. The summed E-state index contributed by atoms with van der Waals surface area (Å²) in [5.74, 6) is -4.65. The molecule has 1 aromatic carbocycles. The van der Waals surface area contributed by atoms with Gasteiger partial charge in [-0.3, -0.25) is 24.0 Å². The minimum atomic E-state index is -5.08. The molecule has 0 unspecified atom stereocenters. The van der Waals surface area contributed by atoms with E-state index in [0.29, 0.717) is 25.9 Å². The molecule has 6 atom stereocenters. The van der Waals surface area contributed by atoms with E-state index in [-0.39, 0.29) is 37.3 Å². The van der Waals surface area contributed by atoms with E-state index in [9.17, 15) is 40.8 Å². The minimum Gasteiger partial charge on any atom is -0.475 e. The third-order valence-electron chi connectivity index (χ3n) is 12.4. The van der Waals surface area contributed by atoms with Crippen LogP contribution in [0.25, 0.3) is 0 Å². The largest absolute Gasteiger partial charge is 0.490 e. The molecule has 1 saturated heterocycles. The van der Waals surface area contributed by atoms with Crippen LogP contribution in [-0.2, 0) is 53.4 Å². The highest BCUT2D eigenvalue weighted by Gasteiger charge is 2.62. The van der Waals surface area contributed by atoms with Crippen LogP contribution >= 0.6 is 0 Å². The molecule has 3 aliphatic heterocycles. The molecular formula is C40H54F3N5O9S. The summed E-state index contributed by atoms with van der Waals surface area (Å²) in [6.07, 6.45) is 6.63. The summed E-state index contributed by atoms with van der Waals surface area (Å²) in [6.45, 7) is 6.87. The molecule has 58 heavy (non-hydrogen) atoms. The highest BCUT2D eigenvalue weighted by Crippen LogP contribution is 2.45. The molecule has 4 amide bonds. The fraction of sp³-hybridized carbons (Fsp3) is 0.675. The molecule has 4 N–H and O–H groups in total. The first-order chi connectivity index (χ1) is 27.4. The lowest BCUT2D eigenvalue weighted by atomic mass is 9.94. The van der Waals surface area contributed by atoms with Crippen molar-refractivity contribution in [3.05, 3.63) is 47.5 Å². The quantitative estimate of drug-likeness (QED) is 0.286. The van der Waals surface area contributed by atoms with Crippen LogP contribution in [0, 0.1) is 11.8 Å². The van der Waals surface area contributed by atoms with Gasteiger partial charge in [0, 0.05) is 31.5 Å². The number of nitrogens with one attached hydrogen (secondary N) is 3. The Labute approximate surface area is 336 Å². The third kappa shape index (κ3) is 9.97. The smallest absolute Gasteiger partial charge is 0.475 e. The summed E-state index contributed by atoms with van der Waals surface area (Å²) in [6, 6.07) is 4.84. The number of nitrogens with zero attached hydrogens (tertiary/aromatic N) is 2. The summed E-state index contributed by atoms with van der Waals surface area (Å²) in [7, 11) is -3.85. The van der Waals surface area contributed by atoms with Gasteiger partial charge in [0.2, 0.25) is 21.8 Å². The molecule has 3 saturated carbocycles. The number of aliphatic carboxylic acids is 1. The average Bonchev–Trinajstić information content (AvgIpc) is 3.95. The number of carbonyl (C=O) groups is 5. The van der Waals surface area contributed by atoms with Gasteiger partial charge in [0.25, 0.3) is 5.91 Å². The number of benzene rings is 1. The van der Waals surface area contributed by atoms with Gasteiger partial charge < -0.3 is 25.4 Å². The zero-order chi connectivity index (χ0) is 42.0. The van der Waals surface area contributed by atoms with E-state index in [0.717, 1.165) is 69.8 Å². The van der Waals surface area contributed by atoms with Crippen LogP contribution < -0.4 is 15.4 Å². The van der Waals surface area contributed by atoms with Crippen LogP contribution in [0.5, 0.6) is 0 Å². The predicted octanol–water partition coefficient (Wildman–Crippen LogP) is 4.45. The molecule has 4 fully saturated rings. The zero-order valence-electron chi connectivity index (χ0n) is 32.7. The van der Waals surface area contributed by atoms with Crippen molar-refractivity contribution in [1.29, 1.82) is 0 Å². The topological polar surface area (TPSA) is 192 Å². The molecule has 0 radical (unpaired) electrons. The Hall–Kier alpha value is -4.19. The number of carboxylic acids is 1. The maximum Gasteiger partial charge on any atom is 0.490 e. The lowest BCUT2D eigenvalue weighted by Crippen LogP contribution is -2.59. The summed E-state index contributed by atoms with van der Waals surface area (Å²) >= 11 is 0. The molecule has 3 heterocycles. The number of carboxylic acid groups (broad SMARTS) is 1. The molecule has 1 aromatic rings. The second-order valence-corrected chi connectivity index (χ2v) is 18.6. The Balaban J connectivity index is 0.000000743. The third-order valence-corrected chi connectivity index (χ3v) is 14.2. The van der Waals surface area contributed by atoms with Gasteiger partial charge in [-0.25, -0.2) is 18.0 Å². The SMILES string of the molecule is C=C[C@@H]1C[C@]1(NC(=O)[C@@H]1C[C@@H]2CN1C(=O)[C@H](C1CCCC1)N[C@H](C)CCCCCCc1cccc3c1CN(C3)C(=O)O2)C(=O)NS(=O)(=O)C1CC1.O=C(O)C(F)(F)F. The van der Waals surface area contributed by atoms with Gasteiger partial charge in [0.1, 0.15) is 17.7 Å². The number of hydrogen-bond acceptors (Lipinski definition) is 9. The highest BCUT2D eigenvalue weighted by molar-refractivity contribution is 7.91. The Morgan fingerprint density at radius 3 is 2.29 bits per heavy atom. The van der Waals surface area contributed by atoms with Gasteiger partial charge in [-0.05, 0) is 80.9 Å². The lowest BCUT2D eigenvalue weighted by Gasteiger charge is -2.33. The number of alkyl halides is 3. The monoisotopic (exact) mass is 837 g/mol. The van der Waals surface area contributed by atoms with Crippen LogP contribution in [0.4, 0.5) is 18.0 Å². The molecule has 6 aliphatic rings. The van der Waals surface area contributed by atoms with Gasteiger partial charge in [-0.2, -0.15) is 13.2 Å². The maximum atomic E-state index is 14.7. The first-order valence-electron chi connectivity index (χ1n) is 20.4. The normalized spacial score (nSPS) is 29.6. The Bertz CT molecular complexity index is 1870. The van der Waals surface area contributed by atoms with E-state index in [4.69, 9.17) is 14.6 Å². The molecule has 0 aromatic heterocycles. The maximum absolute atomic E-state index is 14.7. The summed E-state index contributed by atoms with van der Waals surface area (Å²) in [5, 5.41) is 13.0. The predicted molar refractivity (Wildman–Crippen MR) is 204 cm³/mol. The molecule has 4 bridgehead atoms. The second kappa shape index (κ2) is 17.6. The fourth-order valence-corrected chi connectivity index (χ4v) is 10.2. The number of carbonyl (C=O) groups excluding carboxylic acids is 4. The number of fused-ring (bicyclic) bond motifs is 3. The van der Waals surface area contributed by atoms with Gasteiger partial charge in [0.05, 0.1) is 17.8 Å². The number of sulfonamides is 1. The van der Waals surface area contributed by atoms with Crippen LogP contribution in [-0.4, -0.2) is 101 Å². The number of halogens is 3. The van der Waals surface area contributed by atoms with Crippen molar-refractivity contribution in [2.45, 2.75) is 151 Å². The Kier molecular flexibility index (Phi) is 13.1. The minimum absolute atomic E-state index is 0.0497. The van der Waals surface area contributed by atoms with E-state index < -0.39 is 75.0 Å². The number of aryl methyl sites for hydroxylation is 1. The van der Waals surface area contributed by atoms with Crippen LogP contribution in [0.3, 0.4) is 0 Å². The van der Waals surface area contributed by atoms with Crippen LogP contribution in [0.2, 0.25) is 0 Å². The van der Waals surface area contributed by atoms with Crippen molar-refractivity contribution in [2.24, 2.45) is 11.8 Å². The van der Waals surface area contributed by atoms with E-state index >= 15 is 0 Å². The fourth-order valence-electron chi connectivity index (χ4n) is 8.85. The Morgan fingerprint density at radius 2 is 1.66 bits per heavy atom. The summed E-state index contributed by atoms with van der Waals surface area (Å²) < 4.78 is 65.4. The van der Waals surface area contributed by atoms with Crippen molar-refractivity contribution >= 4 is 39.8 Å². The van der Waals surface area contributed by atoms with Gasteiger partial charge in [-0.15, -0.1) is 6.58 Å². The van der Waals surface area contributed by atoms with Gasteiger partial charge in [-0.1, -0.05) is 56.4 Å². The molecule has 18 heteroatoms. The van der Waals surface area contributed by atoms with Crippen LogP contribution in [0.1, 0.15) is 107 Å². The van der Waals surface area contributed by atoms with E-state index in [2.05, 4.69) is 47.1 Å². The summed E-state index contributed by atoms with van der Waals surface area (Å²) in [4.78, 5) is 68.2. The average molecular weight is 838 g/mol. The van der Waals surface area contributed by atoms with Crippen molar-refractivity contribution in [3.8, 4) is 0 Å². The van der Waals surface area contributed by atoms with Crippen molar-refractivity contribution in [3.63, 3.8) is 0 Å². The van der Waals surface area contributed by atoms with Crippen LogP contribution in [0.15, 0.2) is 30.9 Å². The van der Waals surface area contributed by atoms with Crippen molar-refractivity contribution < 1.29 is 55.4 Å². The molecule has 3 aliphatic carbocycles. The molecule has 320 valence electrons. The van der Waals surface area contributed by atoms with Gasteiger partial charge in [0.15, 0.2) is 0 Å². The van der Waals surface area contributed by atoms with Crippen molar-refractivity contribution in [1.82, 2.24) is 25.2 Å². The molecule has 7 rings (SSSR count). The summed E-state index contributed by atoms with van der Waals surface area (Å²) in [5.41, 5.74) is 2.09.